The Morgan fingerprint density at radius 3 is 2.96 bits per heavy atom. The third-order valence-corrected chi connectivity index (χ3v) is 5.95. The van der Waals surface area contributed by atoms with Gasteiger partial charge < -0.3 is 14.2 Å². The van der Waals surface area contributed by atoms with Crippen molar-refractivity contribution in [1.82, 2.24) is 24.7 Å². The monoisotopic (exact) mass is 366 g/mol. The first-order valence-corrected chi connectivity index (χ1v) is 9.83. The van der Waals surface area contributed by atoms with Crippen LogP contribution in [-0.4, -0.2) is 37.9 Å². The van der Waals surface area contributed by atoms with Crippen LogP contribution in [0.1, 0.15) is 66.2 Å². The van der Waals surface area contributed by atoms with E-state index in [4.69, 9.17) is 14.2 Å². The summed E-state index contributed by atoms with van der Waals surface area (Å²) >= 11 is 0. The zero-order valence-electron chi connectivity index (χ0n) is 15.4. The number of hydrogen-bond donors (Lipinski definition) is 0. The Morgan fingerprint density at radius 2 is 2.15 bits per heavy atom. The Bertz CT molecular complexity index is 1010. The lowest BCUT2D eigenvalue weighted by molar-refractivity contribution is 0.110. The van der Waals surface area contributed by atoms with Crippen LogP contribution < -0.4 is 4.90 Å². The maximum absolute atomic E-state index is 5.93. The average Bonchev–Trinajstić information content (AvgIpc) is 3.10. The molecule has 5 heterocycles. The molecule has 2 fully saturated rings. The van der Waals surface area contributed by atoms with Crippen LogP contribution in [0, 0.1) is 6.92 Å². The molecule has 3 aromatic heterocycles. The molecule has 8 nitrogen and oxygen atoms in total. The summed E-state index contributed by atoms with van der Waals surface area (Å²) < 4.78 is 13.5. The molecule has 8 heteroatoms. The number of aromatic nitrogens is 5. The van der Waals surface area contributed by atoms with Crippen LogP contribution in [0.3, 0.4) is 0 Å². The molecule has 1 saturated carbocycles. The van der Waals surface area contributed by atoms with Gasteiger partial charge in [-0.25, -0.2) is 14.5 Å². The van der Waals surface area contributed by atoms with E-state index in [2.05, 4.69) is 20.1 Å². The van der Waals surface area contributed by atoms with Gasteiger partial charge in [0.1, 0.15) is 35.2 Å². The van der Waals surface area contributed by atoms with Crippen molar-refractivity contribution in [3.8, 4) is 0 Å². The fourth-order valence-electron chi connectivity index (χ4n) is 4.42. The van der Waals surface area contributed by atoms with Crippen LogP contribution in [-0.2, 0) is 17.7 Å². The second-order valence-corrected chi connectivity index (χ2v) is 7.81. The van der Waals surface area contributed by atoms with Gasteiger partial charge in [0.15, 0.2) is 5.82 Å². The van der Waals surface area contributed by atoms with Gasteiger partial charge in [-0.3, -0.25) is 0 Å². The van der Waals surface area contributed by atoms with Crippen molar-refractivity contribution in [2.75, 3.05) is 18.1 Å². The van der Waals surface area contributed by atoms with Gasteiger partial charge in [-0.1, -0.05) is 5.16 Å². The molecule has 140 valence electrons. The smallest absolute Gasteiger partial charge is 0.158 e. The molecule has 0 bridgehead atoms. The zero-order chi connectivity index (χ0) is 18.0. The van der Waals surface area contributed by atoms with Gasteiger partial charge in [0.2, 0.25) is 0 Å². The predicted molar refractivity (Wildman–Crippen MR) is 96.7 cm³/mol. The lowest BCUT2D eigenvalue weighted by Crippen LogP contribution is -2.32. The highest BCUT2D eigenvalue weighted by Gasteiger charge is 2.35. The Balaban J connectivity index is 1.44. The van der Waals surface area contributed by atoms with Gasteiger partial charge in [-0.05, 0) is 32.6 Å². The first kappa shape index (κ1) is 15.6. The molecular formula is C19H22N6O2. The number of nitrogens with zero attached hydrogens (tertiary/aromatic N) is 6. The first-order chi connectivity index (χ1) is 13.3. The molecule has 0 unspecified atom stereocenters. The normalized spacial score (nSPS) is 22.6. The standard InChI is InChI=1S/C19H22N6O2/c1-11-22-16(15-3-2-8-26-15)17-19(20-10-21-25(11)17)24-7-6-14-13(9-24)18(27-23-14)12-4-5-12/h10,12,15H,2-9H2,1H3/t15-/m1/s1. The van der Waals surface area contributed by atoms with Gasteiger partial charge in [0.25, 0.3) is 0 Å². The van der Waals surface area contributed by atoms with E-state index in [0.29, 0.717) is 5.92 Å². The third kappa shape index (κ3) is 2.39. The van der Waals surface area contributed by atoms with Crippen molar-refractivity contribution in [1.29, 1.82) is 0 Å². The van der Waals surface area contributed by atoms with Crippen molar-refractivity contribution < 1.29 is 9.26 Å². The number of fused-ring (bicyclic) bond motifs is 2. The molecule has 3 aliphatic rings. The minimum atomic E-state index is 0.0384. The number of ether oxygens (including phenoxy) is 1. The SMILES string of the molecule is Cc1nc([C@H]2CCCO2)c2c(N3CCc4noc(C5CC5)c4C3)ncnn12. The van der Waals surface area contributed by atoms with Crippen molar-refractivity contribution >= 4 is 11.3 Å². The molecule has 0 N–H and O–H groups in total. The van der Waals surface area contributed by atoms with E-state index in [1.807, 2.05) is 11.4 Å². The van der Waals surface area contributed by atoms with Crippen molar-refractivity contribution in [3.63, 3.8) is 0 Å². The first-order valence-electron chi connectivity index (χ1n) is 9.83. The zero-order valence-corrected chi connectivity index (χ0v) is 15.4. The fraction of sp³-hybridized carbons (Fsp3) is 0.579. The average molecular weight is 366 g/mol. The predicted octanol–water partition coefficient (Wildman–Crippen LogP) is 2.71. The van der Waals surface area contributed by atoms with Gasteiger partial charge in [-0.2, -0.15) is 5.10 Å². The molecule has 0 radical (unpaired) electrons. The van der Waals surface area contributed by atoms with Crippen LogP contribution in [0.15, 0.2) is 10.9 Å². The van der Waals surface area contributed by atoms with Crippen LogP contribution in [0.4, 0.5) is 5.82 Å². The van der Waals surface area contributed by atoms with E-state index in [-0.39, 0.29) is 6.10 Å². The molecule has 0 aromatic carbocycles. The Hall–Kier alpha value is -2.48. The Labute approximate surface area is 156 Å². The maximum atomic E-state index is 5.93. The number of aryl methyl sites for hydroxylation is 1. The van der Waals surface area contributed by atoms with E-state index in [0.717, 1.165) is 73.3 Å². The van der Waals surface area contributed by atoms with Gasteiger partial charge >= 0.3 is 0 Å². The Kier molecular flexibility index (Phi) is 3.32. The molecule has 0 amide bonds. The molecule has 3 aromatic rings. The topological polar surface area (TPSA) is 81.6 Å². The summed E-state index contributed by atoms with van der Waals surface area (Å²) in [4.78, 5) is 11.8. The molecule has 1 atom stereocenters. The highest BCUT2D eigenvalue weighted by atomic mass is 16.5. The lowest BCUT2D eigenvalue weighted by atomic mass is 10.0. The molecule has 27 heavy (non-hydrogen) atoms. The molecule has 2 aliphatic heterocycles. The lowest BCUT2D eigenvalue weighted by Gasteiger charge is -2.28. The second kappa shape index (κ2) is 5.76. The van der Waals surface area contributed by atoms with Crippen LogP contribution in [0.2, 0.25) is 0 Å². The molecule has 0 spiro atoms. The van der Waals surface area contributed by atoms with Crippen molar-refractivity contribution in [3.05, 3.63) is 34.9 Å². The number of hydrogen-bond acceptors (Lipinski definition) is 7. The van der Waals surface area contributed by atoms with E-state index in [1.54, 1.807) is 6.33 Å². The molecule has 1 saturated heterocycles. The molecule has 6 rings (SSSR count). The highest BCUT2D eigenvalue weighted by Crippen LogP contribution is 2.44. The summed E-state index contributed by atoms with van der Waals surface area (Å²) in [7, 11) is 0. The largest absolute Gasteiger partial charge is 0.372 e. The minimum absolute atomic E-state index is 0.0384. The highest BCUT2D eigenvalue weighted by molar-refractivity contribution is 5.73. The van der Waals surface area contributed by atoms with Crippen LogP contribution >= 0.6 is 0 Å². The number of rotatable bonds is 3. The van der Waals surface area contributed by atoms with Gasteiger partial charge in [-0.15, -0.1) is 0 Å². The van der Waals surface area contributed by atoms with Crippen LogP contribution in [0.5, 0.6) is 0 Å². The summed E-state index contributed by atoms with van der Waals surface area (Å²) in [5.74, 6) is 3.46. The summed E-state index contributed by atoms with van der Waals surface area (Å²) in [5, 5.41) is 8.77. The van der Waals surface area contributed by atoms with E-state index in [9.17, 15) is 0 Å². The fourth-order valence-corrected chi connectivity index (χ4v) is 4.42. The van der Waals surface area contributed by atoms with Gasteiger partial charge in [0, 0.05) is 37.6 Å². The van der Waals surface area contributed by atoms with Crippen molar-refractivity contribution in [2.45, 2.75) is 57.6 Å². The van der Waals surface area contributed by atoms with Crippen molar-refractivity contribution in [2.24, 2.45) is 0 Å². The minimum Gasteiger partial charge on any atom is -0.372 e. The van der Waals surface area contributed by atoms with E-state index < -0.39 is 0 Å². The third-order valence-electron chi connectivity index (χ3n) is 5.95. The number of anilines is 1. The van der Waals surface area contributed by atoms with E-state index >= 15 is 0 Å². The van der Waals surface area contributed by atoms with E-state index in [1.165, 1.54) is 18.4 Å². The summed E-state index contributed by atoms with van der Waals surface area (Å²) in [6, 6.07) is 0. The van der Waals surface area contributed by atoms with Gasteiger partial charge in [0.05, 0.1) is 5.69 Å². The molecular weight excluding hydrogens is 344 g/mol. The summed E-state index contributed by atoms with van der Waals surface area (Å²) in [6.07, 6.45) is 7.04. The maximum Gasteiger partial charge on any atom is 0.158 e. The quantitative estimate of drug-likeness (QED) is 0.705. The second-order valence-electron chi connectivity index (χ2n) is 7.81. The van der Waals surface area contributed by atoms with Crippen LogP contribution in [0.25, 0.3) is 5.52 Å². The molecule has 1 aliphatic carbocycles. The summed E-state index contributed by atoms with van der Waals surface area (Å²) in [6.45, 7) is 4.43. The Morgan fingerprint density at radius 1 is 1.22 bits per heavy atom. The summed E-state index contributed by atoms with van der Waals surface area (Å²) in [5.41, 5.74) is 4.33. The number of imidazole rings is 1.